The molecule has 0 radical (unpaired) electrons. The van der Waals surface area contributed by atoms with E-state index in [1.54, 1.807) is 10.9 Å². The lowest BCUT2D eigenvalue weighted by Gasteiger charge is -2.45. The molecule has 1 amide bonds. The molecule has 1 aliphatic heterocycles. The monoisotopic (exact) mass is 453 g/mol. The number of nitrogens with zero attached hydrogens (tertiary/aromatic N) is 6. The van der Waals surface area contributed by atoms with Crippen molar-refractivity contribution in [2.24, 2.45) is 11.8 Å². The second-order valence-corrected chi connectivity index (χ2v) is 8.46. The number of hydrogen-bond donors (Lipinski definition) is 3. The van der Waals surface area contributed by atoms with E-state index in [4.69, 9.17) is 4.74 Å². The first kappa shape index (κ1) is 20.9. The molecule has 1 saturated heterocycles. The predicted octanol–water partition coefficient (Wildman–Crippen LogP) is 2.05. The number of tetrazole rings is 1. The first-order valence-electron chi connectivity index (χ1n) is 10.8. The van der Waals surface area contributed by atoms with E-state index in [-0.39, 0.29) is 30.9 Å². The molecule has 3 aromatic rings. The summed E-state index contributed by atoms with van der Waals surface area (Å²) < 4.78 is 8.15. The SMILES string of the molecule is O=C(O)[C@@H]1C[C@H]2C[C@@H](Oc3cc(-n4cccn4)ccc3-c3nn[nH]n3)CC[C@H]2CN1C(=O)O. The lowest BCUT2D eigenvalue weighted by molar-refractivity contribution is -0.146. The summed E-state index contributed by atoms with van der Waals surface area (Å²) in [6.45, 7) is 0.243. The summed E-state index contributed by atoms with van der Waals surface area (Å²) in [6, 6.07) is 6.42. The highest BCUT2D eigenvalue weighted by Gasteiger charge is 2.44. The summed E-state index contributed by atoms with van der Waals surface area (Å²) in [5.74, 6) is 0.0919. The average Bonchev–Trinajstić information content (AvgIpc) is 3.52. The van der Waals surface area contributed by atoms with E-state index in [1.807, 2.05) is 30.5 Å². The van der Waals surface area contributed by atoms with Crippen molar-refractivity contribution in [2.45, 2.75) is 37.8 Å². The largest absolute Gasteiger partial charge is 0.490 e. The minimum absolute atomic E-state index is 0.0726. The van der Waals surface area contributed by atoms with Gasteiger partial charge in [0.25, 0.3) is 0 Å². The van der Waals surface area contributed by atoms with Crippen molar-refractivity contribution in [1.82, 2.24) is 35.3 Å². The summed E-state index contributed by atoms with van der Waals surface area (Å²) in [5.41, 5.74) is 1.50. The van der Waals surface area contributed by atoms with Crippen LogP contribution in [0.1, 0.15) is 25.7 Å². The summed E-state index contributed by atoms with van der Waals surface area (Å²) in [4.78, 5) is 24.3. The van der Waals surface area contributed by atoms with Gasteiger partial charge in [-0.2, -0.15) is 10.3 Å². The number of likely N-dealkylation sites (tertiary alicyclic amines) is 1. The molecule has 2 aliphatic rings. The normalized spacial score (nSPS) is 24.8. The fraction of sp³-hybridized carbons (Fsp3) is 0.429. The van der Waals surface area contributed by atoms with Crippen molar-refractivity contribution in [1.29, 1.82) is 0 Å². The molecule has 12 heteroatoms. The van der Waals surface area contributed by atoms with Gasteiger partial charge in [0.2, 0.25) is 5.82 Å². The Hall–Kier alpha value is -3.96. The number of aromatic nitrogens is 6. The molecular formula is C21H23N7O5. The third-order valence-electron chi connectivity index (χ3n) is 6.57. The summed E-state index contributed by atoms with van der Waals surface area (Å²) in [6.07, 6.45) is 4.65. The van der Waals surface area contributed by atoms with Crippen LogP contribution in [0.25, 0.3) is 17.1 Å². The van der Waals surface area contributed by atoms with Crippen LogP contribution in [-0.2, 0) is 4.79 Å². The molecule has 2 aromatic heterocycles. The number of fused-ring (bicyclic) bond motifs is 1. The molecular weight excluding hydrogens is 430 g/mol. The molecule has 3 N–H and O–H groups in total. The number of benzene rings is 1. The predicted molar refractivity (Wildman–Crippen MR) is 113 cm³/mol. The van der Waals surface area contributed by atoms with Gasteiger partial charge in [-0.3, -0.25) is 4.90 Å². The van der Waals surface area contributed by atoms with Gasteiger partial charge in [-0.1, -0.05) is 0 Å². The molecule has 33 heavy (non-hydrogen) atoms. The molecule has 12 nitrogen and oxygen atoms in total. The van der Waals surface area contributed by atoms with Gasteiger partial charge in [0.15, 0.2) is 0 Å². The number of hydrogen-bond acceptors (Lipinski definition) is 7. The van der Waals surface area contributed by atoms with Gasteiger partial charge in [-0.05, 0) is 60.9 Å². The molecule has 1 aromatic carbocycles. The van der Waals surface area contributed by atoms with Gasteiger partial charge in [0, 0.05) is 25.0 Å². The highest BCUT2D eigenvalue weighted by atomic mass is 16.5. The Labute approximate surface area is 188 Å². The van der Waals surface area contributed by atoms with Crippen molar-refractivity contribution in [3.05, 3.63) is 36.7 Å². The zero-order valence-corrected chi connectivity index (χ0v) is 17.6. The van der Waals surface area contributed by atoms with Crippen LogP contribution in [0.2, 0.25) is 0 Å². The van der Waals surface area contributed by atoms with Gasteiger partial charge >= 0.3 is 12.1 Å². The van der Waals surface area contributed by atoms with Crippen LogP contribution in [0, 0.1) is 11.8 Å². The van der Waals surface area contributed by atoms with Crippen LogP contribution in [0.3, 0.4) is 0 Å². The Morgan fingerprint density at radius 3 is 2.73 bits per heavy atom. The van der Waals surface area contributed by atoms with Crippen molar-refractivity contribution in [2.75, 3.05) is 6.54 Å². The number of aromatic amines is 1. The fourth-order valence-electron chi connectivity index (χ4n) is 4.97. The summed E-state index contributed by atoms with van der Waals surface area (Å²) in [7, 11) is 0. The van der Waals surface area contributed by atoms with Crippen LogP contribution in [-0.4, -0.2) is 76.3 Å². The molecule has 1 saturated carbocycles. The van der Waals surface area contributed by atoms with Crippen molar-refractivity contribution < 1.29 is 24.5 Å². The number of ether oxygens (including phenoxy) is 1. The Bertz CT molecular complexity index is 1130. The van der Waals surface area contributed by atoms with Gasteiger partial charge in [-0.15, -0.1) is 10.2 Å². The van der Waals surface area contributed by atoms with E-state index in [2.05, 4.69) is 25.7 Å². The molecule has 172 valence electrons. The number of aliphatic carboxylic acids is 1. The number of carboxylic acid groups (broad SMARTS) is 2. The zero-order valence-electron chi connectivity index (χ0n) is 17.6. The first-order valence-corrected chi connectivity index (χ1v) is 10.8. The van der Waals surface area contributed by atoms with Crippen molar-refractivity contribution in [3.8, 4) is 22.8 Å². The molecule has 0 bridgehead atoms. The lowest BCUT2D eigenvalue weighted by atomic mass is 9.72. The van der Waals surface area contributed by atoms with E-state index >= 15 is 0 Å². The third-order valence-corrected chi connectivity index (χ3v) is 6.57. The quantitative estimate of drug-likeness (QED) is 0.525. The van der Waals surface area contributed by atoms with Crippen molar-refractivity contribution >= 4 is 12.1 Å². The zero-order chi connectivity index (χ0) is 22.9. The van der Waals surface area contributed by atoms with Gasteiger partial charge in [0.1, 0.15) is 11.8 Å². The van der Waals surface area contributed by atoms with E-state index in [1.165, 1.54) is 0 Å². The van der Waals surface area contributed by atoms with Crippen molar-refractivity contribution in [3.63, 3.8) is 0 Å². The highest BCUT2D eigenvalue weighted by Crippen LogP contribution is 2.41. The molecule has 4 atom stereocenters. The average molecular weight is 453 g/mol. The van der Waals surface area contributed by atoms with Gasteiger partial charge in [0.05, 0.1) is 17.4 Å². The summed E-state index contributed by atoms with van der Waals surface area (Å²) >= 11 is 0. The topological polar surface area (TPSA) is 159 Å². The Kier molecular flexibility index (Phi) is 5.40. The second kappa shape index (κ2) is 8.52. The number of piperidine rings is 1. The Morgan fingerprint density at radius 2 is 2.03 bits per heavy atom. The molecule has 5 rings (SSSR count). The number of amides is 1. The van der Waals surface area contributed by atoms with E-state index in [0.717, 1.165) is 23.4 Å². The maximum Gasteiger partial charge on any atom is 0.408 e. The van der Waals surface area contributed by atoms with Crippen LogP contribution in [0.4, 0.5) is 4.79 Å². The van der Waals surface area contributed by atoms with Gasteiger partial charge < -0.3 is 14.9 Å². The Morgan fingerprint density at radius 1 is 1.15 bits per heavy atom. The number of carboxylic acids is 1. The molecule has 0 spiro atoms. The van der Waals surface area contributed by atoms with E-state index in [9.17, 15) is 19.8 Å². The van der Waals surface area contributed by atoms with Crippen LogP contribution in [0.15, 0.2) is 36.7 Å². The first-order chi connectivity index (χ1) is 16.0. The standard InChI is InChI=1S/C21H23N7O5/c29-20(30)17-9-13-8-15(4-2-12(13)11-27(17)21(31)32)33-18-10-14(28-7-1-6-22-28)3-5-16(18)19-23-25-26-24-19/h1,3,5-7,10,12-13,15,17H,2,4,8-9,11H2,(H,29,30)(H,31,32)(H,23,24,25,26)/t12-,13+,15-,17-/m0/s1. The molecule has 1 aliphatic carbocycles. The number of rotatable bonds is 5. The lowest BCUT2D eigenvalue weighted by Crippen LogP contribution is -2.54. The minimum atomic E-state index is -1.18. The van der Waals surface area contributed by atoms with Crippen LogP contribution in [0.5, 0.6) is 5.75 Å². The van der Waals surface area contributed by atoms with Crippen LogP contribution < -0.4 is 4.74 Å². The van der Waals surface area contributed by atoms with Gasteiger partial charge in [-0.25, -0.2) is 14.3 Å². The maximum absolute atomic E-state index is 11.7. The highest BCUT2D eigenvalue weighted by molar-refractivity contribution is 5.79. The number of carbonyl (C=O) groups is 2. The Balaban J connectivity index is 1.38. The third kappa shape index (κ3) is 4.11. The molecule has 3 heterocycles. The smallest absolute Gasteiger partial charge is 0.408 e. The van der Waals surface area contributed by atoms with Crippen LogP contribution >= 0.6 is 0 Å². The number of nitrogens with one attached hydrogen (secondary N) is 1. The second-order valence-electron chi connectivity index (χ2n) is 8.46. The van der Waals surface area contributed by atoms with E-state index < -0.39 is 18.1 Å². The molecule has 2 fully saturated rings. The number of H-pyrrole nitrogens is 1. The molecule has 0 unspecified atom stereocenters. The minimum Gasteiger partial charge on any atom is -0.490 e. The summed E-state index contributed by atoms with van der Waals surface area (Å²) in [5, 5.41) is 37.5. The fourth-order valence-corrected chi connectivity index (χ4v) is 4.97. The maximum atomic E-state index is 11.7. The van der Waals surface area contributed by atoms with E-state index in [0.29, 0.717) is 23.6 Å².